The molecule has 1 aromatic rings. The molecule has 16 heavy (non-hydrogen) atoms. The lowest BCUT2D eigenvalue weighted by Gasteiger charge is -2.19. The Morgan fingerprint density at radius 3 is 2.62 bits per heavy atom. The average Bonchev–Trinajstić information content (AvgIpc) is 2.28. The second-order valence-electron chi connectivity index (χ2n) is 4.10. The summed E-state index contributed by atoms with van der Waals surface area (Å²) in [5.74, 6) is 6.95. The summed E-state index contributed by atoms with van der Waals surface area (Å²) in [5.41, 5.74) is 2.55. The number of hydrogen-bond donors (Lipinski definition) is 2. The number of hydrazine groups is 1. The fourth-order valence-electron chi connectivity index (χ4n) is 1.45. The van der Waals surface area contributed by atoms with Gasteiger partial charge in [0.1, 0.15) is 11.6 Å². The zero-order valence-electron chi connectivity index (χ0n) is 10.3. The normalized spacial score (nSPS) is 10.6. The molecule has 0 aliphatic rings. The van der Waals surface area contributed by atoms with Crippen LogP contribution in [0, 0.1) is 0 Å². The van der Waals surface area contributed by atoms with Gasteiger partial charge in [-0.25, -0.2) is 10.8 Å². The van der Waals surface area contributed by atoms with Gasteiger partial charge in [-0.2, -0.15) is 0 Å². The highest BCUT2D eigenvalue weighted by Gasteiger charge is 2.02. The molecule has 1 rings (SSSR count). The van der Waals surface area contributed by atoms with Crippen LogP contribution in [0.15, 0.2) is 18.2 Å². The molecule has 0 aliphatic heterocycles. The second kappa shape index (κ2) is 6.30. The highest BCUT2D eigenvalue weighted by Crippen LogP contribution is 2.12. The highest BCUT2D eigenvalue weighted by molar-refractivity contribution is 5.45. The minimum atomic E-state index is 0.692. The molecule has 0 amide bonds. The van der Waals surface area contributed by atoms with E-state index in [0.717, 1.165) is 25.3 Å². The van der Waals surface area contributed by atoms with Crippen molar-refractivity contribution in [2.24, 2.45) is 5.84 Å². The van der Waals surface area contributed by atoms with E-state index in [1.807, 2.05) is 25.2 Å². The lowest BCUT2D eigenvalue weighted by atomic mass is 10.3. The van der Waals surface area contributed by atoms with Gasteiger partial charge in [0.05, 0.1) is 0 Å². The van der Waals surface area contributed by atoms with Crippen LogP contribution in [-0.4, -0.2) is 44.1 Å². The molecule has 0 spiro atoms. The van der Waals surface area contributed by atoms with Crippen molar-refractivity contribution in [3.8, 4) is 0 Å². The summed E-state index contributed by atoms with van der Waals surface area (Å²) in [6.07, 6.45) is 1.12. The van der Waals surface area contributed by atoms with Gasteiger partial charge < -0.3 is 15.2 Å². The molecule has 1 aromatic heterocycles. The number of nitrogens with one attached hydrogen (secondary N) is 1. The Labute approximate surface area is 97.2 Å². The van der Waals surface area contributed by atoms with Gasteiger partial charge in [-0.1, -0.05) is 6.07 Å². The van der Waals surface area contributed by atoms with E-state index < -0.39 is 0 Å². The van der Waals surface area contributed by atoms with Crippen LogP contribution in [0.5, 0.6) is 0 Å². The van der Waals surface area contributed by atoms with Gasteiger partial charge >= 0.3 is 0 Å². The van der Waals surface area contributed by atoms with Crippen LogP contribution < -0.4 is 16.2 Å². The van der Waals surface area contributed by atoms with E-state index in [1.165, 1.54) is 0 Å². The molecular formula is C11H21N5. The van der Waals surface area contributed by atoms with Crippen LogP contribution in [0.25, 0.3) is 0 Å². The van der Waals surface area contributed by atoms with Crippen molar-refractivity contribution >= 4 is 11.6 Å². The zero-order valence-corrected chi connectivity index (χ0v) is 10.3. The number of nitrogens with two attached hydrogens (primary N) is 1. The summed E-state index contributed by atoms with van der Waals surface area (Å²) in [6.45, 7) is 2.07. The monoisotopic (exact) mass is 223 g/mol. The number of anilines is 2. The predicted octanol–water partition coefficient (Wildman–Crippen LogP) is 0.755. The number of rotatable bonds is 6. The zero-order chi connectivity index (χ0) is 12.0. The van der Waals surface area contributed by atoms with Crippen LogP contribution in [0.2, 0.25) is 0 Å². The summed E-state index contributed by atoms with van der Waals surface area (Å²) in [6, 6.07) is 5.77. The van der Waals surface area contributed by atoms with Crippen molar-refractivity contribution < 1.29 is 0 Å². The number of nitrogen functional groups attached to an aromatic ring is 1. The van der Waals surface area contributed by atoms with Crippen LogP contribution in [0.4, 0.5) is 11.6 Å². The first-order valence-corrected chi connectivity index (χ1v) is 5.43. The minimum Gasteiger partial charge on any atom is -0.360 e. The van der Waals surface area contributed by atoms with Gasteiger partial charge in [-0.15, -0.1) is 0 Å². The summed E-state index contributed by atoms with van der Waals surface area (Å²) in [4.78, 5) is 8.67. The van der Waals surface area contributed by atoms with Gasteiger partial charge in [0.25, 0.3) is 0 Å². The van der Waals surface area contributed by atoms with Gasteiger partial charge in [0.2, 0.25) is 0 Å². The Bertz CT molecular complexity index is 313. The summed E-state index contributed by atoms with van der Waals surface area (Å²) < 4.78 is 0. The third kappa shape index (κ3) is 4.04. The molecule has 0 radical (unpaired) electrons. The quantitative estimate of drug-likeness (QED) is 0.550. The van der Waals surface area contributed by atoms with E-state index in [9.17, 15) is 0 Å². The molecule has 0 saturated carbocycles. The summed E-state index contributed by atoms with van der Waals surface area (Å²) in [5, 5.41) is 0. The Morgan fingerprint density at radius 1 is 1.25 bits per heavy atom. The topological polar surface area (TPSA) is 57.4 Å². The van der Waals surface area contributed by atoms with Crippen molar-refractivity contribution in [2.45, 2.75) is 6.42 Å². The Balaban J connectivity index is 2.48. The molecule has 0 bridgehead atoms. The average molecular weight is 223 g/mol. The number of pyridine rings is 1. The Morgan fingerprint density at radius 2 is 2.00 bits per heavy atom. The SMILES string of the molecule is CN(C)CCCN(C)c1cccc(NN)n1. The van der Waals surface area contributed by atoms with Gasteiger partial charge in [-0.05, 0) is 39.2 Å². The van der Waals surface area contributed by atoms with Crippen molar-refractivity contribution in [3.63, 3.8) is 0 Å². The maximum absolute atomic E-state index is 5.32. The van der Waals surface area contributed by atoms with Crippen molar-refractivity contribution in [3.05, 3.63) is 18.2 Å². The van der Waals surface area contributed by atoms with Crippen LogP contribution in [0.1, 0.15) is 6.42 Å². The lowest BCUT2D eigenvalue weighted by Crippen LogP contribution is -2.24. The largest absolute Gasteiger partial charge is 0.360 e. The Kier molecular flexibility index (Phi) is 5.01. The van der Waals surface area contributed by atoms with Crippen LogP contribution in [-0.2, 0) is 0 Å². The van der Waals surface area contributed by atoms with Gasteiger partial charge in [-0.3, -0.25) is 0 Å². The molecule has 5 nitrogen and oxygen atoms in total. The van der Waals surface area contributed by atoms with E-state index in [-0.39, 0.29) is 0 Å². The van der Waals surface area contributed by atoms with E-state index >= 15 is 0 Å². The molecule has 3 N–H and O–H groups in total. The standard InChI is InChI=1S/C11H21N5/c1-15(2)8-5-9-16(3)11-7-4-6-10(13-11)14-12/h4,6-7H,5,8-9,12H2,1-3H3,(H,13,14). The number of nitrogens with zero attached hydrogens (tertiary/aromatic N) is 3. The lowest BCUT2D eigenvalue weighted by molar-refractivity contribution is 0.401. The first kappa shape index (κ1) is 12.7. The van der Waals surface area contributed by atoms with E-state index in [4.69, 9.17) is 5.84 Å². The molecule has 0 aromatic carbocycles. The molecule has 0 atom stereocenters. The number of hydrogen-bond acceptors (Lipinski definition) is 5. The summed E-state index contributed by atoms with van der Waals surface area (Å²) in [7, 11) is 6.20. The van der Waals surface area contributed by atoms with Gasteiger partial charge in [0.15, 0.2) is 0 Å². The fraction of sp³-hybridized carbons (Fsp3) is 0.545. The molecule has 0 unspecified atom stereocenters. The van der Waals surface area contributed by atoms with Crippen molar-refractivity contribution in [1.82, 2.24) is 9.88 Å². The molecule has 0 aliphatic carbocycles. The van der Waals surface area contributed by atoms with E-state index in [0.29, 0.717) is 5.82 Å². The highest BCUT2D eigenvalue weighted by atomic mass is 15.3. The molecular weight excluding hydrogens is 202 g/mol. The first-order chi connectivity index (χ1) is 7.63. The van der Waals surface area contributed by atoms with E-state index in [2.05, 4.69) is 34.3 Å². The maximum Gasteiger partial charge on any atom is 0.142 e. The maximum atomic E-state index is 5.32. The van der Waals surface area contributed by atoms with Crippen molar-refractivity contribution in [2.75, 3.05) is 44.6 Å². The van der Waals surface area contributed by atoms with Crippen LogP contribution in [0.3, 0.4) is 0 Å². The first-order valence-electron chi connectivity index (χ1n) is 5.43. The number of aromatic nitrogens is 1. The summed E-state index contributed by atoms with van der Waals surface area (Å²) >= 11 is 0. The van der Waals surface area contributed by atoms with Gasteiger partial charge in [0, 0.05) is 13.6 Å². The Hall–Kier alpha value is -1.33. The molecule has 90 valence electrons. The molecule has 0 saturated heterocycles. The van der Waals surface area contributed by atoms with Crippen LogP contribution >= 0.6 is 0 Å². The smallest absolute Gasteiger partial charge is 0.142 e. The fourth-order valence-corrected chi connectivity index (χ4v) is 1.45. The van der Waals surface area contributed by atoms with Crippen molar-refractivity contribution in [1.29, 1.82) is 0 Å². The second-order valence-corrected chi connectivity index (χ2v) is 4.10. The predicted molar refractivity (Wildman–Crippen MR) is 68.5 cm³/mol. The minimum absolute atomic E-state index is 0.692. The third-order valence-corrected chi connectivity index (χ3v) is 2.37. The molecule has 0 fully saturated rings. The molecule has 5 heteroatoms. The molecule has 1 heterocycles. The third-order valence-electron chi connectivity index (χ3n) is 2.37. The van der Waals surface area contributed by atoms with E-state index in [1.54, 1.807) is 0 Å².